The van der Waals surface area contributed by atoms with Crippen LogP contribution in [0.2, 0.25) is 0 Å². The summed E-state index contributed by atoms with van der Waals surface area (Å²) in [4.78, 5) is 18.6. The molecule has 1 saturated heterocycles. The number of hydrogen-bond donors (Lipinski definition) is 1. The zero-order valence-corrected chi connectivity index (χ0v) is 16.5. The van der Waals surface area contributed by atoms with Gasteiger partial charge < -0.3 is 14.6 Å². The molecule has 3 aromatic rings. The summed E-state index contributed by atoms with van der Waals surface area (Å²) in [7, 11) is 1.68. The number of ether oxygens (including phenoxy) is 1. The molecule has 0 unspecified atom stereocenters. The van der Waals surface area contributed by atoms with Crippen molar-refractivity contribution in [3.8, 4) is 5.75 Å². The monoisotopic (exact) mass is 376 g/mol. The SMILES string of the molecule is COc1ccc([C@@H]2CCCCCN2C(=O)CCc2c[nH]c3ccccc23)cc1. The van der Waals surface area contributed by atoms with Gasteiger partial charge in [0.05, 0.1) is 13.2 Å². The summed E-state index contributed by atoms with van der Waals surface area (Å²) in [6.07, 6.45) is 7.85. The minimum absolute atomic E-state index is 0.170. The van der Waals surface area contributed by atoms with Crippen LogP contribution in [0.1, 0.15) is 49.3 Å². The second-order valence-electron chi connectivity index (χ2n) is 7.58. The van der Waals surface area contributed by atoms with Crippen molar-refractivity contribution in [1.82, 2.24) is 9.88 Å². The smallest absolute Gasteiger partial charge is 0.223 e. The zero-order chi connectivity index (χ0) is 19.3. The molecule has 0 radical (unpaired) electrons. The molecule has 0 spiro atoms. The molecule has 28 heavy (non-hydrogen) atoms. The number of benzene rings is 2. The minimum Gasteiger partial charge on any atom is -0.497 e. The van der Waals surface area contributed by atoms with Crippen molar-refractivity contribution < 1.29 is 9.53 Å². The van der Waals surface area contributed by atoms with Crippen LogP contribution in [0.4, 0.5) is 0 Å². The van der Waals surface area contributed by atoms with Gasteiger partial charge in [0.15, 0.2) is 0 Å². The molecule has 4 heteroatoms. The Balaban J connectivity index is 1.49. The van der Waals surface area contributed by atoms with Crippen LogP contribution >= 0.6 is 0 Å². The van der Waals surface area contributed by atoms with E-state index in [0.29, 0.717) is 6.42 Å². The number of fused-ring (bicyclic) bond motifs is 1. The lowest BCUT2D eigenvalue weighted by atomic mass is 10.00. The van der Waals surface area contributed by atoms with E-state index in [2.05, 4.69) is 40.2 Å². The van der Waals surface area contributed by atoms with Crippen molar-refractivity contribution >= 4 is 16.8 Å². The molecule has 0 bridgehead atoms. The second kappa shape index (κ2) is 8.51. The Morgan fingerprint density at radius 1 is 1.11 bits per heavy atom. The van der Waals surface area contributed by atoms with E-state index < -0.39 is 0 Å². The number of nitrogens with one attached hydrogen (secondary N) is 1. The van der Waals surface area contributed by atoms with Crippen LogP contribution in [0.25, 0.3) is 10.9 Å². The van der Waals surface area contributed by atoms with Crippen LogP contribution < -0.4 is 4.74 Å². The van der Waals surface area contributed by atoms with Crippen LogP contribution in [0.5, 0.6) is 5.75 Å². The van der Waals surface area contributed by atoms with Crippen molar-refractivity contribution in [3.05, 3.63) is 65.9 Å². The maximum absolute atomic E-state index is 13.2. The van der Waals surface area contributed by atoms with Crippen molar-refractivity contribution in [2.45, 2.75) is 44.6 Å². The average Bonchev–Trinajstić information content (AvgIpc) is 2.99. The predicted octanol–water partition coefficient (Wildman–Crippen LogP) is 5.25. The predicted molar refractivity (Wildman–Crippen MR) is 113 cm³/mol. The highest BCUT2D eigenvalue weighted by molar-refractivity contribution is 5.84. The van der Waals surface area contributed by atoms with E-state index in [0.717, 1.165) is 37.1 Å². The summed E-state index contributed by atoms with van der Waals surface area (Å²) >= 11 is 0. The number of methoxy groups -OCH3 is 1. The largest absolute Gasteiger partial charge is 0.497 e. The summed E-state index contributed by atoms with van der Waals surface area (Å²) < 4.78 is 5.29. The second-order valence-corrected chi connectivity index (χ2v) is 7.58. The van der Waals surface area contributed by atoms with Gasteiger partial charge in [-0.2, -0.15) is 0 Å². The lowest BCUT2D eigenvalue weighted by Crippen LogP contribution is -2.35. The maximum atomic E-state index is 13.2. The van der Waals surface area contributed by atoms with Gasteiger partial charge in [-0.25, -0.2) is 0 Å². The summed E-state index contributed by atoms with van der Waals surface area (Å²) in [5.74, 6) is 1.11. The molecule has 1 N–H and O–H groups in total. The molecule has 1 aliphatic rings. The number of carbonyl (C=O) groups is 1. The van der Waals surface area contributed by atoms with Gasteiger partial charge in [-0.05, 0) is 48.6 Å². The standard InChI is InChI=1S/C24H28N2O2/c1-28-20-13-10-18(11-14-20)23-9-3-2-6-16-26(23)24(27)15-12-19-17-25-22-8-5-4-7-21(19)22/h4-5,7-8,10-11,13-14,17,23,25H,2-3,6,9,12,15-16H2,1H3/t23-/m0/s1. The van der Waals surface area contributed by atoms with Gasteiger partial charge in [0.2, 0.25) is 5.91 Å². The molecule has 0 saturated carbocycles. The van der Waals surface area contributed by atoms with Crippen molar-refractivity contribution in [1.29, 1.82) is 0 Å². The summed E-state index contributed by atoms with van der Waals surface area (Å²) in [5.41, 5.74) is 3.57. The lowest BCUT2D eigenvalue weighted by Gasteiger charge is -2.31. The number of nitrogens with zero attached hydrogens (tertiary/aromatic N) is 1. The Bertz CT molecular complexity index is 929. The van der Waals surface area contributed by atoms with E-state index in [-0.39, 0.29) is 11.9 Å². The van der Waals surface area contributed by atoms with Gasteiger partial charge in [0.1, 0.15) is 5.75 Å². The van der Waals surface area contributed by atoms with Gasteiger partial charge in [0, 0.05) is 30.1 Å². The first-order valence-electron chi connectivity index (χ1n) is 10.2. The third-order valence-electron chi connectivity index (χ3n) is 5.86. The molecule has 4 nitrogen and oxygen atoms in total. The molecule has 1 fully saturated rings. The average molecular weight is 376 g/mol. The number of likely N-dealkylation sites (tertiary alicyclic amines) is 1. The molecule has 146 valence electrons. The van der Waals surface area contributed by atoms with Crippen molar-refractivity contribution in [2.24, 2.45) is 0 Å². The van der Waals surface area contributed by atoms with Crippen LogP contribution in [-0.2, 0) is 11.2 Å². The number of H-pyrrole nitrogens is 1. The summed E-state index contributed by atoms with van der Waals surface area (Å²) in [5, 5.41) is 1.22. The number of carbonyl (C=O) groups excluding carboxylic acids is 1. The van der Waals surface area contributed by atoms with Crippen LogP contribution in [0.15, 0.2) is 54.7 Å². The fourth-order valence-corrected chi connectivity index (χ4v) is 4.30. The van der Waals surface area contributed by atoms with Gasteiger partial charge >= 0.3 is 0 Å². The number of rotatable bonds is 5. The van der Waals surface area contributed by atoms with Crippen molar-refractivity contribution in [3.63, 3.8) is 0 Å². The first-order chi connectivity index (χ1) is 13.8. The van der Waals surface area contributed by atoms with E-state index in [1.54, 1.807) is 7.11 Å². The Morgan fingerprint density at radius 2 is 1.93 bits per heavy atom. The fraction of sp³-hybridized carbons (Fsp3) is 0.375. The van der Waals surface area contributed by atoms with E-state index in [1.807, 2.05) is 24.4 Å². The topological polar surface area (TPSA) is 45.3 Å². The number of aromatic amines is 1. The third-order valence-corrected chi connectivity index (χ3v) is 5.86. The maximum Gasteiger partial charge on any atom is 0.223 e. The highest BCUT2D eigenvalue weighted by atomic mass is 16.5. The van der Waals surface area contributed by atoms with Crippen LogP contribution in [0.3, 0.4) is 0 Å². The first kappa shape index (κ1) is 18.6. The molecule has 1 atom stereocenters. The number of para-hydroxylation sites is 1. The Hall–Kier alpha value is -2.75. The Kier molecular flexibility index (Phi) is 5.65. The van der Waals surface area contributed by atoms with Gasteiger partial charge in [-0.1, -0.05) is 43.2 Å². The van der Waals surface area contributed by atoms with Crippen molar-refractivity contribution in [2.75, 3.05) is 13.7 Å². The molecule has 2 heterocycles. The molecule has 2 aromatic carbocycles. The fourth-order valence-electron chi connectivity index (χ4n) is 4.30. The van der Waals surface area contributed by atoms with E-state index in [4.69, 9.17) is 4.74 Å². The van der Waals surface area contributed by atoms with Gasteiger partial charge in [0.25, 0.3) is 0 Å². The highest BCUT2D eigenvalue weighted by Crippen LogP contribution is 2.32. The molecule has 1 aliphatic heterocycles. The normalized spacial score (nSPS) is 17.5. The van der Waals surface area contributed by atoms with Crippen LogP contribution in [-0.4, -0.2) is 29.4 Å². The first-order valence-corrected chi connectivity index (χ1v) is 10.2. The highest BCUT2D eigenvalue weighted by Gasteiger charge is 2.26. The molecule has 1 amide bonds. The molecule has 1 aromatic heterocycles. The van der Waals surface area contributed by atoms with Gasteiger partial charge in [-0.15, -0.1) is 0 Å². The minimum atomic E-state index is 0.170. The molecule has 4 rings (SSSR count). The Morgan fingerprint density at radius 3 is 2.75 bits per heavy atom. The number of aryl methyl sites for hydroxylation is 1. The Labute approximate surface area is 166 Å². The van der Waals surface area contributed by atoms with E-state index in [1.165, 1.54) is 29.4 Å². The number of amides is 1. The summed E-state index contributed by atoms with van der Waals surface area (Å²) in [6, 6.07) is 16.7. The molecular weight excluding hydrogens is 348 g/mol. The van der Waals surface area contributed by atoms with Crippen LogP contribution in [0, 0.1) is 0 Å². The van der Waals surface area contributed by atoms with Gasteiger partial charge in [-0.3, -0.25) is 4.79 Å². The quantitative estimate of drug-likeness (QED) is 0.661. The third kappa shape index (κ3) is 3.91. The molecular formula is C24H28N2O2. The van der Waals surface area contributed by atoms with E-state index in [9.17, 15) is 4.79 Å². The molecule has 0 aliphatic carbocycles. The number of aromatic nitrogens is 1. The van der Waals surface area contributed by atoms with E-state index >= 15 is 0 Å². The lowest BCUT2D eigenvalue weighted by molar-refractivity contribution is -0.133. The summed E-state index contributed by atoms with van der Waals surface area (Å²) in [6.45, 7) is 0.851. The number of hydrogen-bond acceptors (Lipinski definition) is 2. The zero-order valence-electron chi connectivity index (χ0n) is 16.5.